The van der Waals surface area contributed by atoms with E-state index in [-0.39, 0.29) is 5.75 Å². The molecule has 0 aliphatic heterocycles. The van der Waals surface area contributed by atoms with Crippen LogP contribution in [0.5, 0.6) is 5.75 Å². The quantitative estimate of drug-likeness (QED) is 0.251. The van der Waals surface area contributed by atoms with Gasteiger partial charge in [0.05, 0.1) is 5.69 Å². The van der Waals surface area contributed by atoms with Crippen molar-refractivity contribution >= 4 is 13.3 Å². The Morgan fingerprint density at radius 3 is 1.93 bits per heavy atom. The molecule has 86 valence electrons. The van der Waals surface area contributed by atoms with Crippen LogP contribution in [0.25, 0.3) is 0 Å². The molecule has 0 fully saturated rings. The largest absolute Gasteiger partial charge is 0.506 e. The number of phenolic OH excluding ortho intramolecular Hbond substituents is 1. The molecule has 6 nitrogen and oxygen atoms in total. The molecule has 9 N–H and O–H groups in total. The smallest absolute Gasteiger partial charge is 0.271 e. The lowest BCUT2D eigenvalue weighted by molar-refractivity contribution is 0.477. The van der Waals surface area contributed by atoms with Gasteiger partial charge < -0.3 is 10.8 Å². The van der Waals surface area contributed by atoms with Gasteiger partial charge in [-0.1, -0.05) is 6.07 Å². The second kappa shape index (κ2) is 5.14. The fourth-order valence-corrected chi connectivity index (χ4v) is 0.823. The van der Waals surface area contributed by atoms with Gasteiger partial charge in [0.1, 0.15) is 5.75 Å². The van der Waals surface area contributed by atoms with Crippen LogP contribution < -0.4 is 22.2 Å². The minimum absolute atomic E-state index is 0.170. The summed E-state index contributed by atoms with van der Waals surface area (Å²) in [6, 6.07) is 3.46. The second-order valence-corrected chi connectivity index (χ2v) is 4.73. The summed E-state index contributed by atoms with van der Waals surface area (Å²) in [5.41, 5.74) is 21.5. The van der Waals surface area contributed by atoms with E-state index in [0.29, 0.717) is 5.69 Å². The Kier molecular flexibility index (Phi) is 4.77. The van der Waals surface area contributed by atoms with Gasteiger partial charge in [0, 0.05) is 0 Å². The summed E-state index contributed by atoms with van der Waals surface area (Å²) in [5, 5.41) is 9.10. The van der Waals surface area contributed by atoms with Gasteiger partial charge in [-0.25, -0.2) is 0 Å². The molecule has 1 aromatic rings. The summed E-state index contributed by atoms with van der Waals surface area (Å²) in [7, 11) is -3.14. The van der Waals surface area contributed by atoms with Crippen LogP contribution in [0.3, 0.4) is 0 Å². The van der Waals surface area contributed by atoms with Crippen molar-refractivity contribution in [2.45, 2.75) is 13.8 Å². The van der Waals surface area contributed by atoms with Gasteiger partial charge in [-0.2, -0.15) is 0 Å². The van der Waals surface area contributed by atoms with Gasteiger partial charge in [0.15, 0.2) is 0 Å². The van der Waals surface area contributed by atoms with E-state index in [1.165, 1.54) is 0 Å². The van der Waals surface area contributed by atoms with E-state index in [2.05, 4.69) is 16.5 Å². The third-order valence-electron chi connectivity index (χ3n) is 1.76. The number of anilines is 1. The first kappa shape index (κ1) is 13.9. The Balaban J connectivity index is 0.000000336. The fraction of sp³-hybridized carbons (Fsp3) is 0.250. The molecular weight excluding hydrogens is 215 g/mol. The highest BCUT2D eigenvalue weighted by molar-refractivity contribution is 7.56. The second-order valence-electron chi connectivity index (χ2n) is 3.20. The molecule has 0 aliphatic rings. The van der Waals surface area contributed by atoms with E-state index < -0.39 is 7.59 Å². The minimum Gasteiger partial charge on any atom is -0.506 e. The maximum Gasteiger partial charge on any atom is 0.271 e. The Morgan fingerprint density at radius 2 is 1.60 bits per heavy atom. The highest BCUT2D eigenvalue weighted by atomic mass is 31.2. The zero-order chi connectivity index (χ0) is 12.2. The molecule has 0 atom stereocenters. The van der Waals surface area contributed by atoms with Crippen LogP contribution in [-0.4, -0.2) is 5.11 Å². The first-order valence-electron chi connectivity index (χ1n) is 4.13. The fourth-order valence-electron chi connectivity index (χ4n) is 0.823. The molecule has 7 heteroatoms. The predicted octanol–water partition coefficient (Wildman–Crippen LogP) is 0.562. The van der Waals surface area contributed by atoms with Crippen molar-refractivity contribution in [3.63, 3.8) is 0 Å². The van der Waals surface area contributed by atoms with Crippen LogP contribution in [0.15, 0.2) is 12.1 Å². The number of nitrogens with two attached hydrogens (primary N) is 4. The standard InChI is InChI=1S/C8H11NO.H6N3OP/c1-5-3-4-7(10)8(9)6(5)2;1-5(2,3)4/h3-4,10H,9H2,1-2H3;(H6,1,2,3,4). The Hall–Kier alpha value is -1.07. The summed E-state index contributed by atoms with van der Waals surface area (Å²) in [6.45, 7) is 3.86. The average Bonchev–Trinajstić information content (AvgIpc) is 2.05. The van der Waals surface area contributed by atoms with E-state index in [4.69, 9.17) is 10.8 Å². The molecule has 0 saturated heterocycles. The first-order chi connectivity index (χ1) is 6.63. The van der Waals surface area contributed by atoms with Crippen molar-refractivity contribution in [2.75, 3.05) is 5.73 Å². The van der Waals surface area contributed by atoms with Gasteiger partial charge in [0.25, 0.3) is 7.59 Å². The van der Waals surface area contributed by atoms with E-state index in [1.54, 1.807) is 6.07 Å². The van der Waals surface area contributed by atoms with Crippen LogP contribution in [0, 0.1) is 13.8 Å². The maximum absolute atomic E-state index is 9.55. The van der Waals surface area contributed by atoms with Crippen LogP contribution >= 0.6 is 7.59 Å². The zero-order valence-corrected chi connectivity index (χ0v) is 9.66. The number of nitrogen functional groups attached to an aromatic ring is 1. The Labute approximate surface area is 88.8 Å². The monoisotopic (exact) mass is 232 g/mol. The van der Waals surface area contributed by atoms with Gasteiger partial charge in [-0.05, 0) is 31.0 Å². The van der Waals surface area contributed by atoms with Crippen molar-refractivity contribution in [1.82, 2.24) is 0 Å². The molecule has 15 heavy (non-hydrogen) atoms. The SMILES string of the molecule is Cc1ccc(O)c(N)c1C.NP(N)(N)=O. The number of benzene rings is 1. The number of rotatable bonds is 0. The topological polar surface area (TPSA) is 141 Å². The van der Waals surface area contributed by atoms with Crippen molar-refractivity contribution in [3.8, 4) is 5.75 Å². The summed E-state index contributed by atoms with van der Waals surface area (Å²) in [5.74, 6) is 0.170. The average molecular weight is 232 g/mol. The molecular formula is C8H17N4O2P. The number of aryl methyl sites for hydroxylation is 1. The van der Waals surface area contributed by atoms with E-state index >= 15 is 0 Å². The summed E-state index contributed by atoms with van der Waals surface area (Å²) >= 11 is 0. The summed E-state index contributed by atoms with van der Waals surface area (Å²) in [4.78, 5) is 0. The molecule has 0 saturated carbocycles. The highest BCUT2D eigenvalue weighted by Gasteiger charge is 2.00. The zero-order valence-electron chi connectivity index (χ0n) is 8.77. The lowest BCUT2D eigenvalue weighted by Gasteiger charge is -2.04. The van der Waals surface area contributed by atoms with Crippen molar-refractivity contribution in [3.05, 3.63) is 23.3 Å². The van der Waals surface area contributed by atoms with Gasteiger partial charge in [0.2, 0.25) is 0 Å². The lowest BCUT2D eigenvalue weighted by Crippen LogP contribution is -2.12. The van der Waals surface area contributed by atoms with Gasteiger partial charge >= 0.3 is 0 Å². The third kappa shape index (κ3) is 6.09. The maximum atomic E-state index is 9.55. The van der Waals surface area contributed by atoms with Crippen molar-refractivity contribution < 1.29 is 9.67 Å². The summed E-state index contributed by atoms with van der Waals surface area (Å²) < 4.78 is 9.55. The minimum atomic E-state index is -3.14. The number of phenols is 1. The Morgan fingerprint density at radius 1 is 1.20 bits per heavy atom. The lowest BCUT2D eigenvalue weighted by atomic mass is 10.1. The Bertz CT molecular complexity index is 353. The molecule has 0 spiro atoms. The predicted molar refractivity (Wildman–Crippen MR) is 62.2 cm³/mol. The molecule has 0 aromatic heterocycles. The van der Waals surface area contributed by atoms with Gasteiger partial charge in [-0.3, -0.25) is 21.1 Å². The molecule has 0 unspecified atom stereocenters. The number of hydrogen-bond donors (Lipinski definition) is 5. The number of aromatic hydroxyl groups is 1. The van der Waals surface area contributed by atoms with Crippen LogP contribution in [0.4, 0.5) is 5.69 Å². The molecule has 0 radical (unpaired) electrons. The van der Waals surface area contributed by atoms with Crippen LogP contribution in [-0.2, 0) is 4.57 Å². The number of hydrogen-bond acceptors (Lipinski definition) is 3. The third-order valence-corrected chi connectivity index (χ3v) is 1.76. The normalized spacial score (nSPS) is 10.5. The summed E-state index contributed by atoms with van der Waals surface area (Å²) in [6.07, 6.45) is 0. The molecule has 1 aromatic carbocycles. The highest BCUT2D eigenvalue weighted by Crippen LogP contribution is 2.25. The van der Waals surface area contributed by atoms with E-state index in [9.17, 15) is 4.57 Å². The molecule has 0 aliphatic carbocycles. The molecule has 1 rings (SSSR count). The van der Waals surface area contributed by atoms with Gasteiger partial charge in [-0.15, -0.1) is 0 Å². The van der Waals surface area contributed by atoms with Crippen LogP contribution in [0.2, 0.25) is 0 Å². The van der Waals surface area contributed by atoms with Crippen molar-refractivity contribution in [1.29, 1.82) is 0 Å². The first-order valence-corrected chi connectivity index (χ1v) is 6.04. The van der Waals surface area contributed by atoms with E-state index in [1.807, 2.05) is 19.9 Å². The van der Waals surface area contributed by atoms with Crippen molar-refractivity contribution in [2.24, 2.45) is 16.5 Å². The molecule has 0 bridgehead atoms. The van der Waals surface area contributed by atoms with E-state index in [0.717, 1.165) is 11.1 Å². The van der Waals surface area contributed by atoms with Crippen LogP contribution in [0.1, 0.15) is 11.1 Å². The molecule has 0 heterocycles. The molecule has 0 amide bonds.